The zero-order valence-electron chi connectivity index (χ0n) is 10.5. The van der Waals surface area contributed by atoms with Crippen LogP contribution in [0, 0.1) is 20.8 Å². The molecule has 0 amide bonds. The largest absolute Gasteiger partial charge is 0.300 e. The van der Waals surface area contributed by atoms with Crippen molar-refractivity contribution >= 4 is 5.78 Å². The molecule has 1 nitrogen and oxygen atoms in total. The zero-order valence-corrected chi connectivity index (χ0v) is 10.5. The summed E-state index contributed by atoms with van der Waals surface area (Å²) in [5.41, 5.74) is 5.45. The van der Waals surface area contributed by atoms with E-state index in [1.54, 1.807) is 0 Å². The van der Waals surface area contributed by atoms with Crippen molar-refractivity contribution in [1.82, 2.24) is 0 Å². The van der Waals surface area contributed by atoms with Gasteiger partial charge >= 0.3 is 0 Å². The second-order valence-electron chi connectivity index (χ2n) is 5.13. The lowest BCUT2D eigenvalue weighted by molar-refractivity contribution is -0.120. The molecule has 0 heterocycles. The van der Waals surface area contributed by atoms with Gasteiger partial charge in [-0.15, -0.1) is 0 Å². The molecular formula is C15H20O. The number of carbonyl (C=O) groups is 1. The van der Waals surface area contributed by atoms with E-state index in [1.165, 1.54) is 28.7 Å². The molecule has 86 valence electrons. The van der Waals surface area contributed by atoms with Crippen molar-refractivity contribution in [2.45, 2.75) is 52.4 Å². The summed E-state index contributed by atoms with van der Waals surface area (Å²) >= 11 is 0. The molecule has 0 spiro atoms. The number of Topliss-reactive ketones (excluding diaryl/α,β-unsaturated/α-hetero) is 1. The van der Waals surface area contributed by atoms with Gasteiger partial charge in [-0.3, -0.25) is 4.79 Å². The number of hydrogen-bond donors (Lipinski definition) is 0. The van der Waals surface area contributed by atoms with E-state index in [9.17, 15) is 4.79 Å². The van der Waals surface area contributed by atoms with Gasteiger partial charge in [0.2, 0.25) is 0 Å². The first-order valence-electron chi connectivity index (χ1n) is 6.17. The van der Waals surface area contributed by atoms with Crippen LogP contribution in [0.15, 0.2) is 12.1 Å². The Morgan fingerprint density at radius 1 is 1.06 bits per heavy atom. The Morgan fingerprint density at radius 3 is 2.44 bits per heavy atom. The maximum atomic E-state index is 11.5. The van der Waals surface area contributed by atoms with Gasteiger partial charge in [0.05, 0.1) is 0 Å². The molecule has 1 heteroatoms. The molecule has 16 heavy (non-hydrogen) atoms. The molecular weight excluding hydrogens is 196 g/mol. The van der Waals surface area contributed by atoms with Crippen LogP contribution in [0.2, 0.25) is 0 Å². The highest BCUT2D eigenvalue weighted by molar-refractivity contribution is 5.80. The number of carbonyl (C=O) groups excluding carboxylic acids is 1. The summed E-state index contributed by atoms with van der Waals surface area (Å²) < 4.78 is 0. The molecule has 1 aromatic rings. The van der Waals surface area contributed by atoms with E-state index in [2.05, 4.69) is 32.9 Å². The van der Waals surface area contributed by atoms with Crippen molar-refractivity contribution in [2.75, 3.05) is 0 Å². The molecule has 1 aromatic carbocycles. The van der Waals surface area contributed by atoms with E-state index >= 15 is 0 Å². The molecule has 1 unspecified atom stereocenters. The predicted octanol–water partition coefficient (Wildman–Crippen LogP) is 3.84. The van der Waals surface area contributed by atoms with E-state index in [4.69, 9.17) is 0 Å². The normalized spacial score (nSPS) is 21.2. The number of benzene rings is 1. The summed E-state index contributed by atoms with van der Waals surface area (Å²) in [6.45, 7) is 6.47. The molecule has 0 aromatic heterocycles. The predicted molar refractivity (Wildman–Crippen MR) is 66.9 cm³/mol. The third-order valence-electron chi connectivity index (χ3n) is 3.80. The number of hydrogen-bond acceptors (Lipinski definition) is 1. The molecule has 0 saturated heterocycles. The molecule has 1 fully saturated rings. The van der Waals surface area contributed by atoms with Crippen LogP contribution in [0.5, 0.6) is 0 Å². The summed E-state index contributed by atoms with van der Waals surface area (Å²) in [5.74, 6) is 0.912. The highest BCUT2D eigenvalue weighted by Crippen LogP contribution is 2.33. The lowest BCUT2D eigenvalue weighted by Gasteiger charge is -2.23. The fourth-order valence-corrected chi connectivity index (χ4v) is 2.71. The molecule has 0 aliphatic heterocycles. The maximum Gasteiger partial charge on any atom is 0.133 e. The maximum absolute atomic E-state index is 11.5. The number of aryl methyl sites for hydroxylation is 3. The standard InChI is InChI=1S/C15H20O/c1-10-7-12(3)15(8-11(10)2)13-5-4-6-14(16)9-13/h7-8,13H,4-6,9H2,1-3H3. The smallest absolute Gasteiger partial charge is 0.133 e. The van der Waals surface area contributed by atoms with Crippen LogP contribution in [0.4, 0.5) is 0 Å². The average molecular weight is 216 g/mol. The summed E-state index contributed by atoms with van der Waals surface area (Å²) in [5, 5.41) is 0. The Morgan fingerprint density at radius 2 is 1.75 bits per heavy atom. The highest BCUT2D eigenvalue weighted by Gasteiger charge is 2.22. The van der Waals surface area contributed by atoms with Crippen LogP contribution in [0.3, 0.4) is 0 Å². The second kappa shape index (κ2) is 4.40. The fraction of sp³-hybridized carbons (Fsp3) is 0.533. The minimum Gasteiger partial charge on any atom is -0.300 e. The van der Waals surface area contributed by atoms with E-state index in [0.717, 1.165) is 19.3 Å². The quantitative estimate of drug-likeness (QED) is 0.697. The molecule has 0 bridgehead atoms. The SMILES string of the molecule is Cc1cc(C)c(C2CCCC(=O)C2)cc1C. The minimum atomic E-state index is 0.439. The topological polar surface area (TPSA) is 17.1 Å². The lowest BCUT2D eigenvalue weighted by Crippen LogP contribution is -2.14. The van der Waals surface area contributed by atoms with Gasteiger partial charge in [0.1, 0.15) is 5.78 Å². The Bertz CT molecular complexity index is 418. The van der Waals surface area contributed by atoms with Crippen molar-refractivity contribution in [3.8, 4) is 0 Å². The lowest BCUT2D eigenvalue weighted by atomic mass is 9.80. The highest BCUT2D eigenvalue weighted by atomic mass is 16.1. The minimum absolute atomic E-state index is 0.439. The average Bonchev–Trinajstić information content (AvgIpc) is 2.23. The van der Waals surface area contributed by atoms with Gasteiger partial charge < -0.3 is 0 Å². The molecule has 0 radical (unpaired) electrons. The number of ketones is 1. The van der Waals surface area contributed by atoms with Crippen molar-refractivity contribution < 1.29 is 4.79 Å². The van der Waals surface area contributed by atoms with Gasteiger partial charge in [0, 0.05) is 12.8 Å². The molecule has 1 aliphatic carbocycles. The van der Waals surface area contributed by atoms with Gasteiger partial charge in [-0.25, -0.2) is 0 Å². The summed E-state index contributed by atoms with van der Waals surface area (Å²) in [6.07, 6.45) is 3.79. The molecule has 1 saturated carbocycles. The van der Waals surface area contributed by atoms with Crippen LogP contribution in [-0.2, 0) is 4.79 Å². The Balaban J connectivity index is 2.32. The van der Waals surface area contributed by atoms with E-state index in [-0.39, 0.29) is 0 Å². The Hall–Kier alpha value is -1.11. The zero-order chi connectivity index (χ0) is 11.7. The van der Waals surface area contributed by atoms with Gasteiger partial charge in [0.25, 0.3) is 0 Å². The van der Waals surface area contributed by atoms with Crippen LogP contribution in [-0.4, -0.2) is 5.78 Å². The van der Waals surface area contributed by atoms with Crippen molar-refractivity contribution in [2.24, 2.45) is 0 Å². The van der Waals surface area contributed by atoms with Gasteiger partial charge in [-0.05, 0) is 61.8 Å². The Kier molecular flexibility index (Phi) is 3.13. The van der Waals surface area contributed by atoms with E-state index in [1.807, 2.05) is 0 Å². The number of rotatable bonds is 1. The van der Waals surface area contributed by atoms with Gasteiger partial charge in [-0.2, -0.15) is 0 Å². The monoisotopic (exact) mass is 216 g/mol. The van der Waals surface area contributed by atoms with Crippen molar-refractivity contribution in [3.63, 3.8) is 0 Å². The summed E-state index contributed by atoms with van der Waals surface area (Å²) in [4.78, 5) is 11.5. The van der Waals surface area contributed by atoms with Crippen LogP contribution >= 0.6 is 0 Å². The van der Waals surface area contributed by atoms with E-state index in [0.29, 0.717) is 11.7 Å². The molecule has 1 aliphatic rings. The van der Waals surface area contributed by atoms with Crippen molar-refractivity contribution in [1.29, 1.82) is 0 Å². The van der Waals surface area contributed by atoms with Crippen LogP contribution in [0.25, 0.3) is 0 Å². The first-order chi connectivity index (χ1) is 7.58. The van der Waals surface area contributed by atoms with Crippen LogP contribution < -0.4 is 0 Å². The van der Waals surface area contributed by atoms with E-state index < -0.39 is 0 Å². The molecule has 0 N–H and O–H groups in total. The third kappa shape index (κ3) is 2.18. The first-order valence-corrected chi connectivity index (χ1v) is 6.17. The molecule has 1 atom stereocenters. The molecule has 2 rings (SSSR count). The summed E-state index contributed by atoms with van der Waals surface area (Å²) in [7, 11) is 0. The fourth-order valence-electron chi connectivity index (χ4n) is 2.71. The van der Waals surface area contributed by atoms with Crippen LogP contribution in [0.1, 0.15) is 53.9 Å². The Labute approximate surface area is 97.9 Å². The van der Waals surface area contributed by atoms with Gasteiger partial charge in [-0.1, -0.05) is 12.1 Å². The first kappa shape index (κ1) is 11.4. The second-order valence-corrected chi connectivity index (χ2v) is 5.13. The van der Waals surface area contributed by atoms with Gasteiger partial charge in [0.15, 0.2) is 0 Å². The third-order valence-corrected chi connectivity index (χ3v) is 3.80. The van der Waals surface area contributed by atoms with Crippen molar-refractivity contribution in [3.05, 3.63) is 34.4 Å². The summed E-state index contributed by atoms with van der Waals surface area (Å²) in [6, 6.07) is 4.54.